The van der Waals surface area contributed by atoms with E-state index in [0.717, 1.165) is 42.8 Å². The first-order valence-electron chi connectivity index (χ1n) is 15.3. The highest BCUT2D eigenvalue weighted by Crippen LogP contribution is 2.52. The number of sulfonamides is 1. The third-order valence-corrected chi connectivity index (χ3v) is 12.6. The molecule has 0 radical (unpaired) electrons. The third kappa shape index (κ3) is 5.24. The molecule has 2 aliphatic heterocycles. The van der Waals surface area contributed by atoms with E-state index < -0.39 is 27.3 Å². The second-order valence-corrected chi connectivity index (χ2v) is 15.4. The van der Waals surface area contributed by atoms with Gasteiger partial charge in [0.2, 0.25) is 10.0 Å². The number of amides is 1. The van der Waals surface area contributed by atoms with E-state index in [1.807, 2.05) is 25.1 Å². The van der Waals surface area contributed by atoms with Gasteiger partial charge in [0.05, 0.1) is 23.6 Å². The van der Waals surface area contributed by atoms with Gasteiger partial charge in [0.1, 0.15) is 5.75 Å². The van der Waals surface area contributed by atoms with Gasteiger partial charge in [0.25, 0.3) is 5.91 Å². The predicted molar refractivity (Wildman–Crippen MR) is 166 cm³/mol. The Labute approximate surface area is 254 Å². The van der Waals surface area contributed by atoms with Gasteiger partial charge in [-0.2, -0.15) is 0 Å². The molecule has 226 valence electrons. The van der Waals surface area contributed by atoms with E-state index in [1.54, 1.807) is 18.2 Å². The number of aliphatic hydroxyl groups is 1. The molecule has 1 saturated carbocycles. The second-order valence-electron chi connectivity index (χ2n) is 13.0. The maximum atomic E-state index is 13.4. The number of anilines is 1. The Hall–Kier alpha value is -2.55. The monoisotopic (exact) mass is 612 g/mol. The van der Waals surface area contributed by atoms with E-state index in [2.05, 4.69) is 28.7 Å². The summed E-state index contributed by atoms with van der Waals surface area (Å²) < 4.78 is 35.3. The minimum Gasteiger partial charge on any atom is -0.490 e. The van der Waals surface area contributed by atoms with Crippen LogP contribution in [0.2, 0.25) is 5.02 Å². The number of allylic oxidation sites excluding steroid dienone is 1. The zero-order valence-corrected chi connectivity index (χ0v) is 26.0. The summed E-state index contributed by atoms with van der Waals surface area (Å²) in [7, 11) is -3.89. The molecule has 2 aliphatic carbocycles. The number of hydrogen-bond acceptors (Lipinski definition) is 6. The largest absolute Gasteiger partial charge is 0.490 e. The number of carbonyl (C=O) groups is 1. The number of benzene rings is 2. The van der Waals surface area contributed by atoms with Crippen molar-refractivity contribution >= 4 is 33.2 Å². The fraction of sp³-hybridized carbons (Fsp3) is 0.545. The van der Waals surface area contributed by atoms with Gasteiger partial charge in [-0.3, -0.25) is 4.79 Å². The maximum Gasteiger partial charge on any atom is 0.264 e. The lowest BCUT2D eigenvalue weighted by Crippen LogP contribution is -2.53. The molecule has 0 aromatic heterocycles. The minimum absolute atomic E-state index is 0.239. The average Bonchev–Trinajstić information content (AvgIpc) is 3.10. The van der Waals surface area contributed by atoms with Crippen LogP contribution in [0.5, 0.6) is 5.75 Å². The molecule has 2 aromatic carbocycles. The molecule has 42 heavy (non-hydrogen) atoms. The summed E-state index contributed by atoms with van der Waals surface area (Å²) in [6.45, 7) is 5.86. The topological polar surface area (TPSA) is 95.9 Å². The number of fused-ring (bicyclic) bond motifs is 4. The normalized spacial score (nSPS) is 33.3. The van der Waals surface area contributed by atoms with Crippen molar-refractivity contribution in [2.45, 2.75) is 82.0 Å². The van der Waals surface area contributed by atoms with E-state index >= 15 is 0 Å². The lowest BCUT2D eigenvalue weighted by atomic mass is 9.58. The maximum absolute atomic E-state index is 13.4. The number of rotatable bonds is 1. The van der Waals surface area contributed by atoms with E-state index in [-0.39, 0.29) is 22.3 Å². The first kappa shape index (κ1) is 29.5. The molecule has 9 heteroatoms. The fourth-order valence-corrected chi connectivity index (χ4v) is 9.21. The highest BCUT2D eigenvalue weighted by molar-refractivity contribution is 7.90. The van der Waals surface area contributed by atoms with E-state index in [9.17, 15) is 18.3 Å². The van der Waals surface area contributed by atoms with Crippen molar-refractivity contribution in [3.05, 3.63) is 70.3 Å². The Morgan fingerprint density at radius 3 is 2.76 bits per heavy atom. The molecule has 4 aliphatic rings. The van der Waals surface area contributed by atoms with Crippen molar-refractivity contribution < 1.29 is 23.1 Å². The van der Waals surface area contributed by atoms with Crippen molar-refractivity contribution in [1.29, 1.82) is 0 Å². The Kier molecular flexibility index (Phi) is 7.86. The van der Waals surface area contributed by atoms with Crippen LogP contribution in [-0.2, 0) is 21.9 Å². The van der Waals surface area contributed by atoms with E-state index in [1.165, 1.54) is 11.1 Å². The first-order chi connectivity index (χ1) is 20.0. The van der Waals surface area contributed by atoms with E-state index in [0.29, 0.717) is 44.7 Å². The van der Waals surface area contributed by atoms with Gasteiger partial charge >= 0.3 is 0 Å². The minimum atomic E-state index is -3.89. The SMILES string of the molecule is CC[C@@H]1CC/C=C\[C@@H](O)[C@@]2(C)CC[C@@H]2CN2C[C@@]3(CCCc4cc(Cl)ccc43)COc3ccc(cc32)C(=O)NS1(=O)=O. The Bertz CT molecular complexity index is 1510. The Morgan fingerprint density at radius 2 is 2.00 bits per heavy atom. The van der Waals surface area contributed by atoms with Gasteiger partial charge in [0, 0.05) is 34.5 Å². The van der Waals surface area contributed by atoms with Crippen LogP contribution < -0.4 is 14.4 Å². The summed E-state index contributed by atoms with van der Waals surface area (Å²) in [6.07, 6.45) is 9.28. The molecular weight excluding hydrogens is 572 g/mol. The molecule has 1 fully saturated rings. The van der Waals surface area contributed by atoms with Crippen LogP contribution in [0, 0.1) is 11.3 Å². The van der Waals surface area contributed by atoms with Crippen LogP contribution in [0.15, 0.2) is 48.6 Å². The van der Waals surface area contributed by atoms with Crippen molar-refractivity contribution in [3.8, 4) is 5.75 Å². The Morgan fingerprint density at radius 1 is 1.17 bits per heavy atom. The summed E-state index contributed by atoms with van der Waals surface area (Å²) >= 11 is 6.39. The zero-order chi connectivity index (χ0) is 29.7. The fourth-order valence-electron chi connectivity index (χ4n) is 7.59. The smallest absolute Gasteiger partial charge is 0.264 e. The molecule has 2 heterocycles. The molecule has 5 atom stereocenters. The van der Waals surface area contributed by atoms with Crippen LogP contribution in [0.1, 0.15) is 80.3 Å². The number of aliphatic hydroxyl groups excluding tert-OH is 1. The second kappa shape index (κ2) is 11.2. The molecule has 0 unspecified atom stereocenters. The van der Waals surface area contributed by atoms with Crippen molar-refractivity contribution in [2.24, 2.45) is 11.3 Å². The van der Waals surface area contributed by atoms with Crippen LogP contribution in [0.4, 0.5) is 5.69 Å². The van der Waals surface area contributed by atoms with E-state index in [4.69, 9.17) is 16.3 Å². The number of aryl methyl sites for hydroxylation is 1. The number of nitrogens with zero attached hydrogens (tertiary/aromatic N) is 1. The van der Waals surface area contributed by atoms with Crippen molar-refractivity contribution in [2.75, 3.05) is 24.6 Å². The zero-order valence-electron chi connectivity index (χ0n) is 24.4. The third-order valence-electron chi connectivity index (χ3n) is 10.5. The molecule has 2 bridgehead atoms. The summed E-state index contributed by atoms with van der Waals surface area (Å²) in [6, 6.07) is 11.4. The molecule has 0 saturated heterocycles. The highest BCUT2D eigenvalue weighted by Gasteiger charge is 2.49. The summed E-state index contributed by atoms with van der Waals surface area (Å²) in [5, 5.41) is 11.4. The number of ether oxygens (including phenoxy) is 1. The van der Waals surface area contributed by atoms with Crippen LogP contribution in [0.25, 0.3) is 0 Å². The highest BCUT2D eigenvalue weighted by atomic mass is 35.5. The van der Waals surface area contributed by atoms with Gasteiger partial charge in [-0.05, 0) is 98.7 Å². The van der Waals surface area contributed by atoms with Crippen molar-refractivity contribution in [3.63, 3.8) is 0 Å². The summed E-state index contributed by atoms with van der Waals surface area (Å²) in [5.74, 6) is 0.295. The van der Waals surface area contributed by atoms with Crippen LogP contribution >= 0.6 is 11.6 Å². The van der Waals surface area contributed by atoms with Gasteiger partial charge < -0.3 is 14.7 Å². The molecular formula is C33H41ClN2O5S. The summed E-state index contributed by atoms with van der Waals surface area (Å²) in [4.78, 5) is 15.7. The lowest BCUT2D eigenvalue weighted by molar-refractivity contribution is -0.0469. The predicted octanol–water partition coefficient (Wildman–Crippen LogP) is 5.78. The summed E-state index contributed by atoms with van der Waals surface area (Å²) in [5.41, 5.74) is 3.02. The molecule has 6 rings (SSSR count). The van der Waals surface area contributed by atoms with Crippen LogP contribution in [0.3, 0.4) is 0 Å². The number of carbonyl (C=O) groups excluding carboxylic acids is 1. The first-order valence-corrected chi connectivity index (χ1v) is 17.2. The van der Waals surface area contributed by atoms with Crippen molar-refractivity contribution in [1.82, 2.24) is 4.72 Å². The molecule has 1 spiro atoms. The number of nitrogens with one attached hydrogen (secondary N) is 1. The lowest BCUT2D eigenvalue weighted by Gasteiger charge is -2.52. The molecule has 2 N–H and O–H groups in total. The quantitative estimate of drug-likeness (QED) is 0.397. The van der Waals surface area contributed by atoms with Gasteiger partial charge in [-0.15, -0.1) is 0 Å². The molecule has 7 nitrogen and oxygen atoms in total. The number of hydrogen-bond donors (Lipinski definition) is 2. The molecule has 1 amide bonds. The molecule has 2 aromatic rings. The van der Waals surface area contributed by atoms with Gasteiger partial charge in [-0.25, -0.2) is 13.1 Å². The van der Waals surface area contributed by atoms with Crippen LogP contribution in [-0.4, -0.2) is 50.5 Å². The average molecular weight is 613 g/mol. The number of halogens is 1. The van der Waals surface area contributed by atoms with Gasteiger partial charge in [-0.1, -0.05) is 43.7 Å². The van der Waals surface area contributed by atoms with Gasteiger partial charge in [0.15, 0.2) is 0 Å². The Balaban J connectivity index is 1.44. The standard InChI is InChI=1S/C33H41ClN2O5S/c1-3-26-8-4-5-9-30(37)32(2)16-14-24(32)19-36-20-33(15-6-7-22-17-25(34)11-12-27(22)33)21-41-29-13-10-23(18-28(29)36)31(38)35-42(26,39)40/h5,9-13,17-18,24,26,30,37H,3-4,6-8,14-16,19-21H2,1-2H3,(H,35,38)/b9-5-/t24-,26-,30-,32+,33+/m1/s1.